The van der Waals surface area contributed by atoms with Crippen molar-refractivity contribution in [2.75, 3.05) is 27.0 Å². The third kappa shape index (κ3) is 2.42. The van der Waals surface area contributed by atoms with Gasteiger partial charge >= 0.3 is 0 Å². The number of hydrogen-bond donors (Lipinski definition) is 2. The Balaban J connectivity index is 3.31. The number of aliphatic hydroxyl groups excluding tert-OH is 1. The fraction of sp³-hybridized carbons (Fsp3) is 0.455. The summed E-state index contributed by atoms with van der Waals surface area (Å²) in [5, 5.41) is 9.79. The van der Waals surface area contributed by atoms with E-state index in [2.05, 4.69) is 0 Å². The Hall–Kier alpha value is -0.910. The summed E-state index contributed by atoms with van der Waals surface area (Å²) >= 11 is 1.50. The van der Waals surface area contributed by atoms with Gasteiger partial charge in [-0.1, -0.05) is 6.07 Å². The highest BCUT2D eigenvalue weighted by molar-refractivity contribution is 7.98. The van der Waals surface area contributed by atoms with Crippen molar-refractivity contribution in [3.05, 3.63) is 17.7 Å². The Morgan fingerprint density at radius 3 is 2.50 bits per heavy atom. The van der Waals surface area contributed by atoms with Gasteiger partial charge in [0, 0.05) is 6.54 Å². The Bertz CT molecular complexity index is 357. The third-order valence-corrected chi connectivity index (χ3v) is 3.15. The number of ether oxygens (including phenoxy) is 2. The van der Waals surface area contributed by atoms with Crippen molar-refractivity contribution in [1.82, 2.24) is 0 Å². The summed E-state index contributed by atoms with van der Waals surface area (Å²) in [5.41, 5.74) is 6.23. The molecule has 1 atom stereocenters. The molecule has 16 heavy (non-hydrogen) atoms. The molecule has 0 bridgehead atoms. The van der Waals surface area contributed by atoms with Crippen LogP contribution in [0.4, 0.5) is 0 Å². The van der Waals surface area contributed by atoms with Crippen molar-refractivity contribution in [1.29, 1.82) is 0 Å². The maximum Gasteiger partial charge on any atom is 0.174 e. The summed E-state index contributed by atoms with van der Waals surface area (Å²) in [6.45, 7) is 0.184. The first-order valence-electron chi connectivity index (χ1n) is 4.86. The summed E-state index contributed by atoms with van der Waals surface area (Å²) in [7, 11) is 3.16. The van der Waals surface area contributed by atoms with Crippen LogP contribution in [0, 0.1) is 0 Å². The maximum atomic E-state index is 9.79. The molecule has 0 saturated carbocycles. The first-order chi connectivity index (χ1) is 7.69. The van der Waals surface area contributed by atoms with Crippen molar-refractivity contribution in [2.45, 2.75) is 11.0 Å². The van der Waals surface area contributed by atoms with E-state index in [1.165, 1.54) is 11.8 Å². The van der Waals surface area contributed by atoms with Crippen LogP contribution >= 0.6 is 11.8 Å². The molecular weight excluding hydrogens is 226 g/mol. The molecule has 1 aromatic rings. The van der Waals surface area contributed by atoms with Crippen LogP contribution < -0.4 is 15.2 Å². The van der Waals surface area contributed by atoms with Gasteiger partial charge in [0.05, 0.1) is 25.2 Å². The fourth-order valence-corrected chi connectivity index (χ4v) is 2.32. The van der Waals surface area contributed by atoms with Gasteiger partial charge < -0.3 is 20.3 Å². The van der Waals surface area contributed by atoms with E-state index in [1.807, 2.05) is 12.3 Å². The quantitative estimate of drug-likeness (QED) is 0.766. The number of nitrogens with two attached hydrogens (primary N) is 1. The van der Waals surface area contributed by atoms with E-state index in [0.29, 0.717) is 11.5 Å². The molecule has 1 unspecified atom stereocenters. The second-order valence-corrected chi connectivity index (χ2v) is 3.99. The van der Waals surface area contributed by atoms with Crippen LogP contribution in [0.2, 0.25) is 0 Å². The highest BCUT2D eigenvalue weighted by atomic mass is 32.2. The van der Waals surface area contributed by atoms with Crippen LogP contribution in [0.25, 0.3) is 0 Å². The lowest BCUT2D eigenvalue weighted by molar-refractivity contribution is 0.182. The average molecular weight is 243 g/mol. The van der Waals surface area contributed by atoms with Gasteiger partial charge in [-0.15, -0.1) is 11.8 Å². The van der Waals surface area contributed by atoms with Gasteiger partial charge in [0.25, 0.3) is 0 Å². The number of hydrogen-bond acceptors (Lipinski definition) is 5. The minimum atomic E-state index is -0.678. The first kappa shape index (κ1) is 13.2. The summed E-state index contributed by atoms with van der Waals surface area (Å²) in [6.07, 6.45) is 1.24. The van der Waals surface area contributed by atoms with Gasteiger partial charge in [-0.2, -0.15) is 0 Å². The fourth-order valence-electron chi connectivity index (χ4n) is 1.51. The smallest absolute Gasteiger partial charge is 0.174 e. The van der Waals surface area contributed by atoms with Crippen LogP contribution in [-0.4, -0.2) is 32.1 Å². The van der Waals surface area contributed by atoms with Crippen molar-refractivity contribution >= 4 is 11.8 Å². The molecule has 0 spiro atoms. The van der Waals surface area contributed by atoms with E-state index in [9.17, 15) is 5.11 Å². The predicted octanol–water partition coefficient (Wildman–Crippen LogP) is 1.42. The molecule has 0 aliphatic rings. The molecule has 0 heterocycles. The van der Waals surface area contributed by atoms with Crippen molar-refractivity contribution in [2.24, 2.45) is 5.73 Å². The second-order valence-electron chi connectivity index (χ2n) is 3.18. The highest BCUT2D eigenvalue weighted by Crippen LogP contribution is 2.41. The molecule has 5 heteroatoms. The van der Waals surface area contributed by atoms with E-state index < -0.39 is 6.10 Å². The summed E-state index contributed by atoms with van der Waals surface area (Å²) < 4.78 is 10.5. The molecule has 4 nitrogen and oxygen atoms in total. The van der Waals surface area contributed by atoms with Crippen molar-refractivity contribution in [3.63, 3.8) is 0 Å². The minimum Gasteiger partial charge on any atom is -0.493 e. The molecule has 0 aromatic heterocycles. The number of aliphatic hydroxyl groups is 1. The van der Waals surface area contributed by atoms with Gasteiger partial charge in [0.2, 0.25) is 0 Å². The van der Waals surface area contributed by atoms with Crippen LogP contribution in [0.15, 0.2) is 17.0 Å². The zero-order valence-electron chi connectivity index (χ0n) is 9.69. The van der Waals surface area contributed by atoms with E-state index in [-0.39, 0.29) is 6.54 Å². The van der Waals surface area contributed by atoms with Gasteiger partial charge in [-0.25, -0.2) is 0 Å². The van der Waals surface area contributed by atoms with Crippen molar-refractivity contribution in [3.8, 4) is 11.5 Å². The van der Waals surface area contributed by atoms with E-state index in [1.54, 1.807) is 20.3 Å². The lowest BCUT2D eigenvalue weighted by Gasteiger charge is -2.17. The molecule has 3 N–H and O–H groups in total. The van der Waals surface area contributed by atoms with Crippen LogP contribution in [-0.2, 0) is 0 Å². The zero-order chi connectivity index (χ0) is 12.1. The SMILES string of the molecule is COc1ccc(C(O)CN)c(SC)c1OC. The zero-order valence-corrected chi connectivity index (χ0v) is 10.5. The summed E-state index contributed by atoms with van der Waals surface area (Å²) in [5.74, 6) is 1.29. The lowest BCUT2D eigenvalue weighted by Crippen LogP contribution is -2.13. The third-order valence-electron chi connectivity index (χ3n) is 2.32. The molecule has 1 rings (SSSR count). The lowest BCUT2D eigenvalue weighted by atomic mass is 10.1. The Morgan fingerprint density at radius 2 is 2.06 bits per heavy atom. The largest absolute Gasteiger partial charge is 0.493 e. The monoisotopic (exact) mass is 243 g/mol. The number of benzene rings is 1. The topological polar surface area (TPSA) is 64.7 Å². The molecule has 90 valence electrons. The minimum absolute atomic E-state index is 0.184. The van der Waals surface area contributed by atoms with Gasteiger partial charge in [0.1, 0.15) is 0 Å². The standard InChI is InChI=1S/C11H17NO3S/c1-14-9-5-4-7(8(13)6-12)11(16-3)10(9)15-2/h4-5,8,13H,6,12H2,1-3H3. The van der Waals surface area contributed by atoms with Crippen LogP contribution in [0.1, 0.15) is 11.7 Å². The maximum absolute atomic E-state index is 9.79. The Kier molecular flexibility index (Phi) is 4.92. The molecule has 1 aromatic carbocycles. The normalized spacial score (nSPS) is 12.3. The van der Waals surface area contributed by atoms with Gasteiger partial charge in [-0.3, -0.25) is 0 Å². The number of methoxy groups -OCH3 is 2. The summed E-state index contributed by atoms with van der Waals surface area (Å²) in [4.78, 5) is 0.861. The highest BCUT2D eigenvalue weighted by Gasteiger charge is 2.18. The van der Waals surface area contributed by atoms with Gasteiger partial charge in [0.15, 0.2) is 11.5 Å². The molecule has 0 aliphatic carbocycles. The van der Waals surface area contributed by atoms with Crippen molar-refractivity contribution < 1.29 is 14.6 Å². The number of rotatable bonds is 5. The summed E-state index contributed by atoms with van der Waals surface area (Å²) in [6, 6.07) is 3.58. The molecular formula is C11H17NO3S. The van der Waals surface area contributed by atoms with E-state index in [4.69, 9.17) is 15.2 Å². The van der Waals surface area contributed by atoms with E-state index >= 15 is 0 Å². The van der Waals surface area contributed by atoms with Crippen LogP contribution in [0.5, 0.6) is 11.5 Å². The molecule has 0 amide bonds. The molecule has 0 radical (unpaired) electrons. The second kappa shape index (κ2) is 5.98. The Morgan fingerprint density at radius 1 is 1.38 bits per heavy atom. The molecule has 0 saturated heterocycles. The Labute approximate surface area is 99.7 Å². The number of thioether (sulfide) groups is 1. The first-order valence-corrected chi connectivity index (χ1v) is 6.09. The van der Waals surface area contributed by atoms with Crippen LogP contribution in [0.3, 0.4) is 0 Å². The predicted molar refractivity (Wildman–Crippen MR) is 65.3 cm³/mol. The van der Waals surface area contributed by atoms with E-state index in [0.717, 1.165) is 10.5 Å². The molecule has 0 fully saturated rings. The average Bonchev–Trinajstić information content (AvgIpc) is 2.35. The van der Waals surface area contributed by atoms with Gasteiger partial charge in [-0.05, 0) is 17.9 Å². The molecule has 0 aliphatic heterocycles.